The van der Waals surface area contributed by atoms with Crippen LogP contribution in [0.25, 0.3) is 10.9 Å². The lowest BCUT2D eigenvalue weighted by atomic mass is 9.95. The number of rotatable bonds is 5. The van der Waals surface area contributed by atoms with Crippen LogP contribution in [0.3, 0.4) is 0 Å². The Balaban J connectivity index is 1.60. The third-order valence-corrected chi connectivity index (χ3v) is 5.17. The predicted octanol–water partition coefficient (Wildman–Crippen LogP) is 3.35. The molecule has 0 spiro atoms. The van der Waals surface area contributed by atoms with Gasteiger partial charge < -0.3 is 9.80 Å². The van der Waals surface area contributed by atoms with Crippen LogP contribution in [0.5, 0.6) is 0 Å². The predicted molar refractivity (Wildman–Crippen MR) is 103 cm³/mol. The SMILES string of the molecule is CCCCN(C)C(=O)C1CCN(C(=O)c2ccc3ccccc3n2)CC1. The maximum absolute atomic E-state index is 12.8. The number of hydrogen-bond donors (Lipinski definition) is 0. The number of fused-ring (bicyclic) bond motifs is 1. The van der Waals surface area contributed by atoms with Gasteiger partial charge >= 0.3 is 0 Å². The van der Waals surface area contributed by atoms with Crippen LogP contribution in [0, 0.1) is 5.92 Å². The van der Waals surface area contributed by atoms with E-state index in [9.17, 15) is 9.59 Å². The number of carbonyl (C=O) groups excluding carboxylic acids is 2. The van der Waals surface area contributed by atoms with Crippen LogP contribution in [-0.2, 0) is 4.79 Å². The van der Waals surface area contributed by atoms with Gasteiger partial charge in [0.15, 0.2) is 0 Å². The molecule has 0 saturated carbocycles. The molecule has 1 aliphatic heterocycles. The van der Waals surface area contributed by atoms with Crippen LogP contribution in [-0.4, -0.2) is 53.3 Å². The zero-order chi connectivity index (χ0) is 18.5. The van der Waals surface area contributed by atoms with Gasteiger partial charge in [0.1, 0.15) is 5.69 Å². The van der Waals surface area contributed by atoms with Crippen molar-refractivity contribution in [3.63, 3.8) is 0 Å². The molecule has 0 aliphatic carbocycles. The fraction of sp³-hybridized carbons (Fsp3) is 0.476. The first-order valence-corrected chi connectivity index (χ1v) is 9.50. The van der Waals surface area contributed by atoms with Gasteiger partial charge in [-0.1, -0.05) is 37.6 Å². The fourth-order valence-corrected chi connectivity index (χ4v) is 3.49. The molecule has 1 aliphatic rings. The smallest absolute Gasteiger partial charge is 0.272 e. The molecule has 1 saturated heterocycles. The molecule has 1 aromatic carbocycles. The summed E-state index contributed by atoms with van der Waals surface area (Å²) in [4.78, 5) is 33.4. The number of nitrogens with zero attached hydrogens (tertiary/aromatic N) is 3. The largest absolute Gasteiger partial charge is 0.346 e. The molecule has 2 aromatic rings. The second-order valence-corrected chi connectivity index (χ2v) is 7.07. The van der Waals surface area contributed by atoms with Gasteiger partial charge in [0.2, 0.25) is 5.91 Å². The Labute approximate surface area is 155 Å². The molecule has 1 aromatic heterocycles. The lowest BCUT2D eigenvalue weighted by Crippen LogP contribution is -2.43. The molecule has 2 heterocycles. The molecule has 5 nitrogen and oxygen atoms in total. The van der Waals surface area contributed by atoms with E-state index in [4.69, 9.17) is 0 Å². The molecule has 0 atom stereocenters. The average molecular weight is 353 g/mol. The highest BCUT2D eigenvalue weighted by Crippen LogP contribution is 2.21. The van der Waals surface area contributed by atoms with Crippen LogP contribution in [0.15, 0.2) is 36.4 Å². The number of aromatic nitrogens is 1. The van der Waals surface area contributed by atoms with Gasteiger partial charge in [0, 0.05) is 38.0 Å². The van der Waals surface area contributed by atoms with Crippen LogP contribution in [0.4, 0.5) is 0 Å². The lowest BCUT2D eigenvalue weighted by Gasteiger charge is -2.33. The number of unbranched alkanes of at least 4 members (excludes halogenated alkanes) is 1. The minimum atomic E-state index is -0.0408. The first-order valence-electron chi connectivity index (χ1n) is 9.50. The van der Waals surface area contributed by atoms with E-state index in [0.717, 1.165) is 43.1 Å². The van der Waals surface area contributed by atoms with E-state index in [1.807, 2.05) is 47.2 Å². The van der Waals surface area contributed by atoms with Gasteiger partial charge in [-0.15, -0.1) is 0 Å². The van der Waals surface area contributed by atoms with Crippen molar-refractivity contribution in [2.75, 3.05) is 26.7 Å². The Bertz CT molecular complexity index is 782. The van der Waals surface area contributed by atoms with Crippen molar-refractivity contribution in [2.24, 2.45) is 5.92 Å². The van der Waals surface area contributed by atoms with Crippen molar-refractivity contribution in [2.45, 2.75) is 32.6 Å². The summed E-state index contributed by atoms with van der Waals surface area (Å²) in [6.45, 7) is 4.18. The third kappa shape index (κ3) is 4.03. The van der Waals surface area contributed by atoms with E-state index in [0.29, 0.717) is 18.8 Å². The molecule has 0 unspecified atom stereocenters. The molecular formula is C21H27N3O2. The molecule has 2 amide bonds. The first-order chi connectivity index (χ1) is 12.6. The standard InChI is InChI=1S/C21H27N3O2/c1-3-4-13-23(2)20(25)17-11-14-24(15-12-17)21(26)19-10-9-16-7-5-6-8-18(16)22-19/h5-10,17H,3-4,11-15H2,1-2H3. The number of para-hydroxylation sites is 1. The van der Waals surface area contributed by atoms with E-state index in [1.165, 1.54) is 0 Å². The summed E-state index contributed by atoms with van der Waals surface area (Å²) in [5, 5.41) is 1.03. The number of pyridine rings is 1. The number of piperidine rings is 1. The second-order valence-electron chi connectivity index (χ2n) is 7.07. The molecule has 3 rings (SSSR count). The molecule has 5 heteroatoms. The van der Waals surface area contributed by atoms with Crippen molar-refractivity contribution in [1.29, 1.82) is 0 Å². The van der Waals surface area contributed by atoms with Crippen LogP contribution >= 0.6 is 0 Å². The summed E-state index contributed by atoms with van der Waals surface area (Å²) < 4.78 is 0. The van der Waals surface area contributed by atoms with Crippen LogP contribution in [0.1, 0.15) is 43.1 Å². The molecule has 0 radical (unpaired) electrons. The van der Waals surface area contributed by atoms with Gasteiger partial charge in [0.25, 0.3) is 5.91 Å². The molecule has 0 N–H and O–H groups in total. The maximum atomic E-state index is 12.8. The maximum Gasteiger partial charge on any atom is 0.272 e. The van der Waals surface area contributed by atoms with Crippen molar-refractivity contribution < 1.29 is 9.59 Å². The molecule has 1 fully saturated rings. The lowest BCUT2D eigenvalue weighted by molar-refractivity contribution is -0.135. The Morgan fingerprint density at radius 1 is 1.15 bits per heavy atom. The summed E-state index contributed by atoms with van der Waals surface area (Å²) in [5.74, 6) is 0.209. The average Bonchev–Trinajstić information content (AvgIpc) is 2.70. The first kappa shape index (κ1) is 18.4. The number of amides is 2. The highest BCUT2D eigenvalue weighted by molar-refractivity contribution is 5.95. The summed E-state index contributed by atoms with van der Waals surface area (Å²) in [7, 11) is 1.88. The Morgan fingerprint density at radius 3 is 2.62 bits per heavy atom. The Hall–Kier alpha value is -2.43. The second kappa shape index (κ2) is 8.30. The zero-order valence-corrected chi connectivity index (χ0v) is 15.6. The number of hydrogen-bond acceptors (Lipinski definition) is 3. The van der Waals surface area contributed by atoms with Crippen LogP contribution < -0.4 is 0 Å². The topological polar surface area (TPSA) is 53.5 Å². The van der Waals surface area contributed by atoms with Crippen molar-refractivity contribution in [1.82, 2.24) is 14.8 Å². The number of carbonyl (C=O) groups is 2. The summed E-state index contributed by atoms with van der Waals surface area (Å²) in [5.41, 5.74) is 1.31. The Kier molecular flexibility index (Phi) is 5.86. The van der Waals surface area contributed by atoms with Crippen molar-refractivity contribution in [3.05, 3.63) is 42.1 Å². The fourth-order valence-electron chi connectivity index (χ4n) is 3.49. The monoisotopic (exact) mass is 353 g/mol. The molecule has 26 heavy (non-hydrogen) atoms. The third-order valence-electron chi connectivity index (χ3n) is 5.17. The highest BCUT2D eigenvalue weighted by Gasteiger charge is 2.29. The molecule has 0 bridgehead atoms. The summed E-state index contributed by atoms with van der Waals surface area (Å²) in [6.07, 6.45) is 3.58. The quantitative estimate of drug-likeness (QED) is 0.828. The highest BCUT2D eigenvalue weighted by atomic mass is 16.2. The molecule has 138 valence electrons. The van der Waals surface area contributed by atoms with Gasteiger partial charge in [0.05, 0.1) is 5.52 Å². The number of benzene rings is 1. The van der Waals surface area contributed by atoms with Gasteiger partial charge in [-0.2, -0.15) is 0 Å². The van der Waals surface area contributed by atoms with Crippen LogP contribution in [0.2, 0.25) is 0 Å². The van der Waals surface area contributed by atoms with Gasteiger partial charge in [-0.3, -0.25) is 9.59 Å². The Morgan fingerprint density at radius 2 is 1.88 bits per heavy atom. The molecular weight excluding hydrogens is 326 g/mol. The minimum absolute atomic E-state index is 0.0328. The van der Waals surface area contributed by atoms with E-state index >= 15 is 0 Å². The van der Waals surface area contributed by atoms with E-state index in [-0.39, 0.29) is 17.7 Å². The zero-order valence-electron chi connectivity index (χ0n) is 15.6. The summed E-state index contributed by atoms with van der Waals surface area (Å²) >= 11 is 0. The number of likely N-dealkylation sites (tertiary alicyclic amines) is 1. The van der Waals surface area contributed by atoms with Crippen molar-refractivity contribution in [3.8, 4) is 0 Å². The normalized spacial score (nSPS) is 15.2. The van der Waals surface area contributed by atoms with E-state index in [1.54, 1.807) is 6.07 Å². The van der Waals surface area contributed by atoms with Gasteiger partial charge in [-0.05, 0) is 31.4 Å². The van der Waals surface area contributed by atoms with Gasteiger partial charge in [-0.25, -0.2) is 4.98 Å². The van der Waals surface area contributed by atoms with E-state index in [2.05, 4.69) is 11.9 Å². The van der Waals surface area contributed by atoms with Crippen molar-refractivity contribution >= 4 is 22.7 Å². The van der Waals surface area contributed by atoms with E-state index < -0.39 is 0 Å². The minimum Gasteiger partial charge on any atom is -0.346 e. The summed E-state index contributed by atoms with van der Waals surface area (Å²) in [6, 6.07) is 11.5.